The normalized spacial score (nSPS) is 19.4. The Morgan fingerprint density at radius 2 is 2.38 bits per heavy atom. The molecule has 112 valence electrons. The van der Waals surface area contributed by atoms with Crippen LogP contribution in [0.25, 0.3) is 10.9 Å². The highest BCUT2D eigenvalue weighted by molar-refractivity contribution is 5.75. The highest BCUT2D eigenvalue weighted by atomic mass is 16.5. The van der Waals surface area contributed by atoms with Gasteiger partial charge >= 0.3 is 0 Å². The summed E-state index contributed by atoms with van der Waals surface area (Å²) in [5.41, 5.74) is 0.685. The molecular formula is C15H20N4O2. The molecule has 1 aliphatic heterocycles. The van der Waals surface area contributed by atoms with Gasteiger partial charge in [-0.05, 0) is 24.9 Å². The summed E-state index contributed by atoms with van der Waals surface area (Å²) in [7, 11) is 1.72. The maximum Gasteiger partial charge on any atom is 0.261 e. The van der Waals surface area contributed by atoms with Crippen molar-refractivity contribution in [3.8, 4) is 0 Å². The predicted octanol–water partition coefficient (Wildman–Crippen LogP) is 0.760. The lowest BCUT2D eigenvalue weighted by atomic mass is 10.1. The van der Waals surface area contributed by atoms with Gasteiger partial charge in [0, 0.05) is 32.9 Å². The fraction of sp³-hybridized carbons (Fsp3) is 0.533. The van der Waals surface area contributed by atoms with Gasteiger partial charge in [0.1, 0.15) is 0 Å². The smallest absolute Gasteiger partial charge is 0.261 e. The monoisotopic (exact) mass is 288 g/mol. The lowest BCUT2D eigenvalue weighted by Gasteiger charge is -2.16. The number of likely N-dealkylation sites (tertiary alicyclic amines) is 1. The lowest BCUT2D eigenvalue weighted by molar-refractivity contribution is 0.158. The lowest BCUT2D eigenvalue weighted by Crippen LogP contribution is -2.28. The molecule has 1 aliphatic rings. The van der Waals surface area contributed by atoms with Crippen LogP contribution in [0.5, 0.6) is 0 Å². The Balaban J connectivity index is 1.71. The van der Waals surface area contributed by atoms with Gasteiger partial charge in [0.05, 0.1) is 30.0 Å². The average Bonchev–Trinajstić information content (AvgIpc) is 2.96. The van der Waals surface area contributed by atoms with E-state index in [0.717, 1.165) is 39.2 Å². The number of ether oxygens (including phenoxy) is 1. The minimum Gasteiger partial charge on any atom is -0.383 e. The number of fused-ring (bicyclic) bond motifs is 1. The van der Waals surface area contributed by atoms with Gasteiger partial charge in [-0.25, -0.2) is 4.98 Å². The Labute approximate surface area is 123 Å². The Morgan fingerprint density at radius 3 is 3.24 bits per heavy atom. The molecule has 2 aromatic rings. The predicted molar refractivity (Wildman–Crippen MR) is 80.2 cm³/mol. The van der Waals surface area contributed by atoms with E-state index < -0.39 is 0 Å². The van der Waals surface area contributed by atoms with Crippen LogP contribution >= 0.6 is 0 Å². The molecule has 21 heavy (non-hydrogen) atoms. The van der Waals surface area contributed by atoms with Gasteiger partial charge in [-0.2, -0.15) is 0 Å². The first-order valence-corrected chi connectivity index (χ1v) is 7.28. The first-order chi connectivity index (χ1) is 10.3. The van der Waals surface area contributed by atoms with Crippen LogP contribution in [-0.2, 0) is 11.3 Å². The molecule has 0 aromatic carbocycles. The minimum absolute atomic E-state index is 0.0257. The maximum absolute atomic E-state index is 12.4. The van der Waals surface area contributed by atoms with E-state index in [1.165, 1.54) is 0 Å². The fourth-order valence-corrected chi connectivity index (χ4v) is 2.90. The molecule has 3 heterocycles. The van der Waals surface area contributed by atoms with Crippen LogP contribution in [0.2, 0.25) is 0 Å². The zero-order chi connectivity index (χ0) is 14.7. The molecule has 3 rings (SSSR count). The molecule has 6 nitrogen and oxygen atoms in total. The molecule has 0 amide bonds. The molecule has 6 heteroatoms. The molecule has 0 radical (unpaired) electrons. The molecule has 2 aromatic heterocycles. The number of aromatic nitrogens is 3. The molecule has 0 aliphatic carbocycles. The van der Waals surface area contributed by atoms with Crippen molar-refractivity contribution < 1.29 is 4.74 Å². The zero-order valence-corrected chi connectivity index (χ0v) is 12.2. The van der Waals surface area contributed by atoms with Gasteiger partial charge in [0.25, 0.3) is 5.56 Å². The molecule has 1 saturated heterocycles. The zero-order valence-electron chi connectivity index (χ0n) is 12.2. The third-order valence-corrected chi connectivity index (χ3v) is 4.06. The van der Waals surface area contributed by atoms with Crippen molar-refractivity contribution >= 4 is 10.9 Å². The van der Waals surface area contributed by atoms with Crippen molar-refractivity contribution in [1.29, 1.82) is 0 Å². The van der Waals surface area contributed by atoms with Crippen molar-refractivity contribution in [3.05, 3.63) is 35.1 Å². The second-order valence-electron chi connectivity index (χ2n) is 5.54. The van der Waals surface area contributed by atoms with Crippen LogP contribution in [0.3, 0.4) is 0 Å². The summed E-state index contributed by atoms with van der Waals surface area (Å²) in [5, 5.41) is 0.640. The van der Waals surface area contributed by atoms with E-state index in [-0.39, 0.29) is 5.56 Å². The van der Waals surface area contributed by atoms with E-state index >= 15 is 0 Å². The van der Waals surface area contributed by atoms with Gasteiger partial charge in [-0.1, -0.05) is 0 Å². The highest BCUT2D eigenvalue weighted by Gasteiger charge is 2.22. The standard InChI is InChI=1S/C15H20N4O2/c1-21-7-6-18-5-3-12(9-18)10-19-11-17-14-8-16-4-2-13(14)15(19)20/h2,4,8,11-12H,3,5-7,9-10H2,1H3. The summed E-state index contributed by atoms with van der Waals surface area (Å²) in [4.78, 5) is 23.1. The number of hydrogen-bond donors (Lipinski definition) is 0. The first-order valence-electron chi connectivity index (χ1n) is 7.28. The molecule has 0 bridgehead atoms. The molecule has 0 N–H and O–H groups in total. The van der Waals surface area contributed by atoms with Crippen molar-refractivity contribution in [2.75, 3.05) is 33.4 Å². The minimum atomic E-state index is 0.0257. The molecule has 1 atom stereocenters. The molecule has 1 unspecified atom stereocenters. The van der Waals surface area contributed by atoms with Crippen molar-refractivity contribution in [1.82, 2.24) is 19.4 Å². The summed E-state index contributed by atoms with van der Waals surface area (Å²) in [5.74, 6) is 0.501. The average molecular weight is 288 g/mol. The van der Waals surface area contributed by atoms with Gasteiger partial charge in [-0.3, -0.25) is 14.3 Å². The summed E-state index contributed by atoms with van der Waals surface area (Å²) in [6.07, 6.45) is 6.02. The molecule has 0 saturated carbocycles. The van der Waals surface area contributed by atoms with Crippen LogP contribution in [-0.4, -0.2) is 52.8 Å². The summed E-state index contributed by atoms with van der Waals surface area (Å²) >= 11 is 0. The van der Waals surface area contributed by atoms with Gasteiger partial charge in [-0.15, -0.1) is 0 Å². The van der Waals surface area contributed by atoms with E-state index in [1.54, 1.807) is 36.5 Å². The highest BCUT2D eigenvalue weighted by Crippen LogP contribution is 2.17. The molecule has 0 spiro atoms. The second-order valence-corrected chi connectivity index (χ2v) is 5.54. The largest absolute Gasteiger partial charge is 0.383 e. The quantitative estimate of drug-likeness (QED) is 0.813. The van der Waals surface area contributed by atoms with E-state index in [9.17, 15) is 4.79 Å². The van der Waals surface area contributed by atoms with Crippen molar-refractivity contribution in [2.24, 2.45) is 5.92 Å². The van der Waals surface area contributed by atoms with Crippen molar-refractivity contribution in [3.63, 3.8) is 0 Å². The topological polar surface area (TPSA) is 60.2 Å². The fourth-order valence-electron chi connectivity index (χ4n) is 2.90. The third kappa shape index (κ3) is 3.11. The Hall–Kier alpha value is -1.79. The Morgan fingerprint density at radius 1 is 1.48 bits per heavy atom. The molecule has 1 fully saturated rings. The van der Waals surface area contributed by atoms with Gasteiger partial charge in [0.2, 0.25) is 0 Å². The van der Waals surface area contributed by atoms with E-state index in [4.69, 9.17) is 4.74 Å². The van der Waals surface area contributed by atoms with Crippen molar-refractivity contribution in [2.45, 2.75) is 13.0 Å². The van der Waals surface area contributed by atoms with E-state index in [0.29, 0.717) is 16.8 Å². The first kappa shape index (κ1) is 14.2. The maximum atomic E-state index is 12.4. The third-order valence-electron chi connectivity index (χ3n) is 4.06. The number of pyridine rings is 1. The summed E-state index contributed by atoms with van der Waals surface area (Å²) < 4.78 is 6.84. The van der Waals surface area contributed by atoms with Crippen LogP contribution in [0.1, 0.15) is 6.42 Å². The van der Waals surface area contributed by atoms with E-state index in [1.807, 2.05) is 0 Å². The SMILES string of the molecule is COCCN1CCC(Cn2cnc3cnccc3c2=O)C1. The van der Waals surface area contributed by atoms with Crippen LogP contribution < -0.4 is 5.56 Å². The van der Waals surface area contributed by atoms with Crippen LogP contribution in [0.15, 0.2) is 29.6 Å². The summed E-state index contributed by atoms with van der Waals surface area (Å²) in [6.45, 7) is 4.55. The number of hydrogen-bond acceptors (Lipinski definition) is 5. The summed E-state index contributed by atoms with van der Waals surface area (Å²) in [6, 6.07) is 1.74. The van der Waals surface area contributed by atoms with Gasteiger partial charge < -0.3 is 9.64 Å². The number of nitrogens with zero attached hydrogens (tertiary/aromatic N) is 4. The number of methoxy groups -OCH3 is 1. The van der Waals surface area contributed by atoms with Gasteiger partial charge in [0.15, 0.2) is 0 Å². The number of rotatable bonds is 5. The Kier molecular flexibility index (Phi) is 4.26. The van der Waals surface area contributed by atoms with E-state index in [2.05, 4.69) is 14.9 Å². The molecular weight excluding hydrogens is 268 g/mol. The van der Waals surface area contributed by atoms with Crippen LogP contribution in [0.4, 0.5) is 0 Å². The second kappa shape index (κ2) is 6.32. The van der Waals surface area contributed by atoms with Crippen LogP contribution in [0, 0.1) is 5.92 Å². The Bertz CT molecular complexity index is 670.